The number of methoxy groups -OCH3 is 2. The zero-order valence-corrected chi connectivity index (χ0v) is 11.2. The van der Waals surface area contributed by atoms with Crippen LogP contribution < -0.4 is 9.47 Å². The fraction of sp³-hybridized carbons (Fsp3) is 0.600. The minimum atomic E-state index is -0.449. The number of para-hydroxylation sites is 1. The molecule has 100 valence electrons. The van der Waals surface area contributed by atoms with Gasteiger partial charge in [-0.25, -0.2) is 0 Å². The summed E-state index contributed by atoms with van der Waals surface area (Å²) in [5.74, 6) is 1.70. The van der Waals surface area contributed by atoms with Crippen LogP contribution >= 0.6 is 0 Å². The number of aliphatic hydroxyl groups is 1. The molecule has 0 radical (unpaired) electrons. The second kappa shape index (κ2) is 6.10. The molecule has 1 aromatic rings. The summed E-state index contributed by atoms with van der Waals surface area (Å²) in [4.78, 5) is 0. The second-order valence-electron chi connectivity index (χ2n) is 4.93. The summed E-state index contributed by atoms with van der Waals surface area (Å²) in [7, 11) is 3.24. The molecular formula is C15H22O3. The monoisotopic (exact) mass is 250 g/mol. The molecule has 3 heteroatoms. The summed E-state index contributed by atoms with van der Waals surface area (Å²) in [6.45, 7) is 0. The van der Waals surface area contributed by atoms with Crippen molar-refractivity contribution in [3.63, 3.8) is 0 Å². The van der Waals surface area contributed by atoms with Gasteiger partial charge in [0.2, 0.25) is 0 Å². The van der Waals surface area contributed by atoms with Crippen LogP contribution in [0.5, 0.6) is 11.5 Å². The molecule has 1 aromatic carbocycles. The minimum Gasteiger partial charge on any atom is -0.493 e. The Kier molecular flexibility index (Phi) is 4.48. The Morgan fingerprint density at radius 2 is 1.83 bits per heavy atom. The number of hydrogen-bond acceptors (Lipinski definition) is 3. The summed E-state index contributed by atoms with van der Waals surface area (Å²) < 4.78 is 10.7. The highest BCUT2D eigenvalue weighted by atomic mass is 16.5. The SMILES string of the molecule is COc1cccc(C(O)C2CCCCC2)c1OC. The first-order chi connectivity index (χ1) is 8.77. The third-order valence-electron chi connectivity index (χ3n) is 3.85. The van der Waals surface area contributed by atoms with E-state index in [1.165, 1.54) is 19.3 Å². The van der Waals surface area contributed by atoms with Gasteiger partial charge in [0.25, 0.3) is 0 Å². The number of ether oxygens (including phenoxy) is 2. The van der Waals surface area contributed by atoms with Crippen LogP contribution in [0.3, 0.4) is 0 Å². The lowest BCUT2D eigenvalue weighted by Crippen LogP contribution is -2.16. The van der Waals surface area contributed by atoms with Crippen LogP contribution in [0.4, 0.5) is 0 Å². The zero-order chi connectivity index (χ0) is 13.0. The van der Waals surface area contributed by atoms with E-state index < -0.39 is 6.10 Å². The van der Waals surface area contributed by atoms with E-state index in [-0.39, 0.29) is 0 Å². The van der Waals surface area contributed by atoms with Gasteiger partial charge in [-0.15, -0.1) is 0 Å². The maximum atomic E-state index is 10.5. The highest BCUT2D eigenvalue weighted by molar-refractivity contribution is 5.47. The Bertz CT molecular complexity index is 383. The van der Waals surface area contributed by atoms with Crippen molar-refractivity contribution in [2.24, 2.45) is 5.92 Å². The van der Waals surface area contributed by atoms with Gasteiger partial charge in [0, 0.05) is 5.56 Å². The third kappa shape index (κ3) is 2.61. The average Bonchev–Trinajstić information content (AvgIpc) is 2.46. The first-order valence-electron chi connectivity index (χ1n) is 6.67. The summed E-state index contributed by atoms with van der Waals surface area (Å²) in [5, 5.41) is 10.5. The first-order valence-corrected chi connectivity index (χ1v) is 6.67. The van der Waals surface area contributed by atoms with Crippen LogP contribution in [-0.2, 0) is 0 Å². The van der Waals surface area contributed by atoms with Crippen LogP contribution in [-0.4, -0.2) is 19.3 Å². The topological polar surface area (TPSA) is 38.7 Å². The van der Waals surface area contributed by atoms with E-state index in [9.17, 15) is 5.11 Å². The second-order valence-corrected chi connectivity index (χ2v) is 4.93. The Hall–Kier alpha value is -1.22. The molecule has 2 rings (SSSR count). The molecule has 3 nitrogen and oxygen atoms in total. The fourth-order valence-corrected chi connectivity index (χ4v) is 2.85. The molecule has 18 heavy (non-hydrogen) atoms. The van der Waals surface area contributed by atoms with E-state index in [0.717, 1.165) is 18.4 Å². The Labute approximate surface area is 109 Å². The Balaban J connectivity index is 2.25. The summed E-state index contributed by atoms with van der Waals surface area (Å²) in [5.41, 5.74) is 0.851. The molecule has 0 aromatic heterocycles. The van der Waals surface area contributed by atoms with Gasteiger partial charge in [-0.3, -0.25) is 0 Å². The van der Waals surface area contributed by atoms with Crippen LogP contribution in [0.2, 0.25) is 0 Å². The quantitative estimate of drug-likeness (QED) is 0.891. The van der Waals surface area contributed by atoms with Crippen LogP contribution in [0, 0.1) is 5.92 Å². The molecule has 1 N–H and O–H groups in total. The molecule has 1 saturated carbocycles. The van der Waals surface area contributed by atoms with Gasteiger partial charge in [-0.1, -0.05) is 31.4 Å². The molecule has 1 aliphatic carbocycles. The predicted molar refractivity (Wildman–Crippen MR) is 71.1 cm³/mol. The average molecular weight is 250 g/mol. The van der Waals surface area contributed by atoms with E-state index in [1.54, 1.807) is 14.2 Å². The predicted octanol–water partition coefficient (Wildman–Crippen LogP) is 3.32. The van der Waals surface area contributed by atoms with Gasteiger partial charge < -0.3 is 14.6 Å². The smallest absolute Gasteiger partial charge is 0.166 e. The molecule has 0 aliphatic heterocycles. The van der Waals surface area contributed by atoms with Gasteiger partial charge in [0.15, 0.2) is 11.5 Å². The first kappa shape index (κ1) is 13.2. The molecule has 1 unspecified atom stereocenters. The number of hydrogen-bond donors (Lipinski definition) is 1. The number of aliphatic hydroxyl groups excluding tert-OH is 1. The summed E-state index contributed by atoms with van der Waals surface area (Å²) >= 11 is 0. The lowest BCUT2D eigenvalue weighted by atomic mass is 9.82. The van der Waals surface area contributed by atoms with Crippen molar-refractivity contribution >= 4 is 0 Å². The van der Waals surface area contributed by atoms with Crippen molar-refractivity contribution in [3.05, 3.63) is 23.8 Å². The molecule has 0 amide bonds. The lowest BCUT2D eigenvalue weighted by molar-refractivity contribution is 0.0820. The summed E-state index contributed by atoms with van der Waals surface area (Å²) in [6.07, 6.45) is 5.47. The highest BCUT2D eigenvalue weighted by Crippen LogP contribution is 2.41. The highest BCUT2D eigenvalue weighted by Gasteiger charge is 2.26. The van der Waals surface area contributed by atoms with Gasteiger partial charge in [0.05, 0.1) is 20.3 Å². The third-order valence-corrected chi connectivity index (χ3v) is 3.85. The van der Waals surface area contributed by atoms with Crippen LogP contribution in [0.25, 0.3) is 0 Å². The molecule has 0 bridgehead atoms. The molecular weight excluding hydrogens is 228 g/mol. The van der Waals surface area contributed by atoms with E-state index in [4.69, 9.17) is 9.47 Å². The van der Waals surface area contributed by atoms with Gasteiger partial charge in [-0.05, 0) is 24.8 Å². The molecule has 1 aliphatic rings. The van der Waals surface area contributed by atoms with Crippen molar-refractivity contribution in [2.45, 2.75) is 38.2 Å². The van der Waals surface area contributed by atoms with Crippen LogP contribution in [0.15, 0.2) is 18.2 Å². The molecule has 1 atom stereocenters. The molecule has 1 fully saturated rings. The standard InChI is InChI=1S/C15H22O3/c1-17-13-10-6-9-12(15(13)18-2)14(16)11-7-4-3-5-8-11/h6,9-11,14,16H,3-5,7-8H2,1-2H3. The van der Waals surface area contributed by atoms with Gasteiger partial charge >= 0.3 is 0 Å². The molecule has 0 spiro atoms. The largest absolute Gasteiger partial charge is 0.493 e. The molecule has 0 heterocycles. The Morgan fingerprint density at radius 3 is 2.44 bits per heavy atom. The maximum absolute atomic E-state index is 10.5. The normalized spacial score (nSPS) is 18.4. The van der Waals surface area contributed by atoms with E-state index in [0.29, 0.717) is 17.4 Å². The molecule has 0 saturated heterocycles. The van der Waals surface area contributed by atoms with Crippen molar-refractivity contribution in [1.29, 1.82) is 0 Å². The van der Waals surface area contributed by atoms with E-state index >= 15 is 0 Å². The van der Waals surface area contributed by atoms with Crippen molar-refractivity contribution in [2.75, 3.05) is 14.2 Å². The minimum absolute atomic E-state index is 0.347. The van der Waals surface area contributed by atoms with Crippen LogP contribution in [0.1, 0.15) is 43.8 Å². The number of benzene rings is 1. The van der Waals surface area contributed by atoms with Crippen molar-refractivity contribution < 1.29 is 14.6 Å². The summed E-state index contributed by atoms with van der Waals surface area (Å²) in [6, 6.07) is 5.69. The van der Waals surface area contributed by atoms with E-state index in [2.05, 4.69) is 0 Å². The Morgan fingerprint density at radius 1 is 1.11 bits per heavy atom. The van der Waals surface area contributed by atoms with E-state index in [1.807, 2.05) is 18.2 Å². The zero-order valence-electron chi connectivity index (χ0n) is 11.2. The van der Waals surface area contributed by atoms with Crippen molar-refractivity contribution in [1.82, 2.24) is 0 Å². The maximum Gasteiger partial charge on any atom is 0.166 e. The fourth-order valence-electron chi connectivity index (χ4n) is 2.85. The lowest BCUT2D eigenvalue weighted by Gasteiger charge is -2.28. The van der Waals surface area contributed by atoms with Crippen molar-refractivity contribution in [3.8, 4) is 11.5 Å². The van der Waals surface area contributed by atoms with Gasteiger partial charge in [-0.2, -0.15) is 0 Å². The number of rotatable bonds is 4. The van der Waals surface area contributed by atoms with Gasteiger partial charge in [0.1, 0.15) is 0 Å².